The molecule has 0 aliphatic carbocycles. The maximum absolute atomic E-state index is 9.43. The Hall–Kier alpha value is -5.28. The average molecular weight is 1090 g/mol. The van der Waals surface area contributed by atoms with Gasteiger partial charge in [-0.2, -0.15) is 0 Å². The van der Waals surface area contributed by atoms with Crippen LogP contribution in [0.25, 0.3) is 11.1 Å². The number of nitrogens with zero attached hydrogens (tertiary/aromatic N) is 2. The number of hydrogen-bond donors (Lipinski definition) is 0. The van der Waals surface area contributed by atoms with E-state index in [-0.39, 0.29) is 44.3 Å². The van der Waals surface area contributed by atoms with E-state index in [2.05, 4.69) is 18.5 Å². The summed E-state index contributed by atoms with van der Waals surface area (Å²) in [4.78, 5) is 21.8. The van der Waals surface area contributed by atoms with Crippen molar-refractivity contribution >= 4 is 41.9 Å². The van der Waals surface area contributed by atoms with Crippen LogP contribution in [0.4, 0.5) is 0 Å². The summed E-state index contributed by atoms with van der Waals surface area (Å²) in [5.74, 6) is 6.57. The maximum atomic E-state index is 9.43. The minimum Gasteiger partial charge on any atom is -1.00 e. The Morgan fingerprint density at radius 2 is 0.657 bits per heavy atom. The van der Waals surface area contributed by atoms with Gasteiger partial charge in [0.25, 0.3) is 0 Å². The smallest absolute Gasteiger partial charge is 1.00 e. The van der Waals surface area contributed by atoms with Gasteiger partial charge in [0.1, 0.15) is 46.0 Å². The SMILES string of the molecule is CN(C)C=O.CN(C)C=O.COc1cc(P)c(-c2cc(P)c(OC)cc2OC)c(OC)c1.COc1ccccc1.COc1ccccc1.COc1ccccc1.COc1ccccc1.[Cl-].[Cl-].[Ru+3]. The molecule has 0 N–H and O–H groups in total. The molecule has 0 saturated heterocycles. The molecule has 0 aromatic heterocycles. The molecule has 6 aromatic carbocycles. The van der Waals surface area contributed by atoms with Gasteiger partial charge in [-0.3, -0.25) is 9.59 Å². The zero-order valence-corrected chi connectivity index (χ0v) is 45.8. The van der Waals surface area contributed by atoms with Gasteiger partial charge in [0.15, 0.2) is 0 Å². The fraction of sp³-hybridized carbons (Fsp3) is 0.240. The second-order valence-electron chi connectivity index (χ2n) is 12.8. The summed E-state index contributed by atoms with van der Waals surface area (Å²) in [6.07, 6.45) is 1.50. The van der Waals surface area contributed by atoms with Crippen LogP contribution in [0.2, 0.25) is 0 Å². The van der Waals surface area contributed by atoms with E-state index in [1.165, 1.54) is 9.80 Å². The largest absolute Gasteiger partial charge is 3.00 e. The first kappa shape index (κ1) is 68.3. The molecular formula is C50H66Cl2N2O10P2Ru+. The van der Waals surface area contributed by atoms with Crippen LogP contribution >= 0.6 is 18.5 Å². The number of rotatable bonds is 11. The molecule has 0 aliphatic heterocycles. The van der Waals surface area contributed by atoms with Crippen LogP contribution in [0.15, 0.2) is 146 Å². The van der Waals surface area contributed by atoms with Crippen molar-refractivity contribution < 1.29 is 91.8 Å². The Bertz CT molecular complexity index is 1930. The summed E-state index contributed by atoms with van der Waals surface area (Å²) >= 11 is 0. The van der Waals surface area contributed by atoms with E-state index in [1.807, 2.05) is 146 Å². The van der Waals surface area contributed by atoms with Crippen molar-refractivity contribution in [1.29, 1.82) is 0 Å². The molecule has 6 aromatic rings. The van der Waals surface area contributed by atoms with Gasteiger partial charge in [0.2, 0.25) is 12.8 Å². The van der Waals surface area contributed by atoms with Gasteiger partial charge in [-0.25, -0.2) is 0 Å². The minimum atomic E-state index is 0. The summed E-state index contributed by atoms with van der Waals surface area (Å²) in [5.41, 5.74) is 1.87. The van der Waals surface area contributed by atoms with E-state index in [0.29, 0.717) is 0 Å². The molecule has 367 valence electrons. The zero-order chi connectivity index (χ0) is 48.1. The number of halogens is 2. The number of carbonyl (C=O) groups is 2. The molecule has 2 amide bonds. The monoisotopic (exact) mass is 1090 g/mol. The first-order chi connectivity index (χ1) is 30.8. The summed E-state index contributed by atoms with van der Waals surface area (Å²) in [7, 11) is 25.3. The van der Waals surface area contributed by atoms with Crippen molar-refractivity contribution in [2.45, 2.75) is 0 Å². The number of ether oxygens (including phenoxy) is 8. The third-order valence-corrected chi connectivity index (χ3v) is 8.63. The maximum Gasteiger partial charge on any atom is 3.00 e. The van der Waals surface area contributed by atoms with Crippen LogP contribution in [-0.2, 0) is 29.1 Å². The molecule has 2 unspecified atom stereocenters. The van der Waals surface area contributed by atoms with Gasteiger partial charge >= 0.3 is 19.5 Å². The van der Waals surface area contributed by atoms with Gasteiger partial charge in [0.05, 0.1) is 56.9 Å². The third kappa shape index (κ3) is 30.6. The number of amides is 2. The number of methoxy groups -OCH3 is 8. The molecule has 0 aliphatic rings. The first-order valence-corrected chi connectivity index (χ1v) is 20.6. The fourth-order valence-electron chi connectivity index (χ4n) is 4.52. The average Bonchev–Trinajstić information content (AvgIpc) is 3.35. The van der Waals surface area contributed by atoms with Gasteiger partial charge in [-0.1, -0.05) is 72.8 Å². The molecule has 17 heteroatoms. The Morgan fingerprint density at radius 3 is 0.881 bits per heavy atom. The van der Waals surface area contributed by atoms with E-state index in [1.54, 1.807) is 85.1 Å². The number of carbonyl (C=O) groups excluding carboxylic acids is 2. The third-order valence-electron chi connectivity index (χ3n) is 7.72. The van der Waals surface area contributed by atoms with Gasteiger partial charge in [-0.05, 0) is 66.0 Å². The summed E-state index contributed by atoms with van der Waals surface area (Å²) in [6, 6.07) is 46.4. The molecule has 12 nitrogen and oxygen atoms in total. The molecule has 0 fully saturated rings. The normalized spacial score (nSPS) is 8.51. The molecule has 67 heavy (non-hydrogen) atoms. The molecule has 2 atom stereocenters. The van der Waals surface area contributed by atoms with E-state index < -0.39 is 0 Å². The van der Waals surface area contributed by atoms with Crippen molar-refractivity contribution in [2.75, 3.05) is 85.1 Å². The second kappa shape index (κ2) is 43.3. The van der Waals surface area contributed by atoms with Crippen LogP contribution in [-0.4, -0.2) is 108 Å². The molecule has 1 radical (unpaired) electrons. The molecule has 6 rings (SSSR count). The van der Waals surface area contributed by atoms with Gasteiger partial charge in [0, 0.05) is 56.8 Å². The summed E-state index contributed by atoms with van der Waals surface area (Å²) < 4.78 is 41.4. The van der Waals surface area contributed by atoms with Crippen molar-refractivity contribution in [3.63, 3.8) is 0 Å². The van der Waals surface area contributed by atoms with Crippen LogP contribution < -0.4 is 73.3 Å². The zero-order valence-electron chi connectivity index (χ0n) is 40.3. The Balaban J connectivity index is -0.000000372. The van der Waals surface area contributed by atoms with E-state index in [0.717, 1.165) is 80.6 Å². The van der Waals surface area contributed by atoms with Gasteiger partial charge in [-0.15, -0.1) is 18.5 Å². The molecular weight excluding hydrogens is 1020 g/mol. The quantitative estimate of drug-likeness (QED) is 0.109. The van der Waals surface area contributed by atoms with Crippen LogP contribution in [0.3, 0.4) is 0 Å². The standard InChI is InChI=1S/C16H20O4P2.4C7H8O.2C3H7NO.2ClH.Ru/c1-17-9-5-13(20-4)16(15(22)6-9)10-7-14(21)12(19-3)8-11(10)18-2;4*1-8-7-5-3-2-4-6-7;2*1-4(2)3-5;;;/h5-8H,21-22H2,1-4H3;4*2-6H,1H3;2*3H,1-2H3;2*1H;/q;;;;;;;;;+3/p-2. The molecule has 0 heterocycles. The van der Waals surface area contributed by atoms with E-state index >= 15 is 0 Å². The van der Waals surface area contributed by atoms with Crippen molar-refractivity contribution in [3.05, 3.63) is 146 Å². The summed E-state index contributed by atoms with van der Waals surface area (Å²) in [6.45, 7) is 0. The van der Waals surface area contributed by atoms with E-state index in [9.17, 15) is 9.59 Å². The Morgan fingerprint density at radius 1 is 0.373 bits per heavy atom. The first-order valence-electron chi connectivity index (χ1n) is 19.5. The van der Waals surface area contributed by atoms with Crippen LogP contribution in [0.5, 0.6) is 46.0 Å². The fourth-order valence-corrected chi connectivity index (χ4v) is 5.35. The number of hydrogen-bond acceptors (Lipinski definition) is 10. The van der Waals surface area contributed by atoms with Crippen LogP contribution in [0.1, 0.15) is 0 Å². The van der Waals surface area contributed by atoms with Crippen molar-refractivity contribution in [2.24, 2.45) is 0 Å². The predicted octanol–water partition coefficient (Wildman–Crippen LogP) is 2.58. The van der Waals surface area contributed by atoms with Crippen molar-refractivity contribution in [3.8, 4) is 57.1 Å². The summed E-state index contributed by atoms with van der Waals surface area (Å²) in [5, 5.41) is 1.91. The second-order valence-corrected chi connectivity index (χ2v) is 14.0. The van der Waals surface area contributed by atoms with Crippen LogP contribution in [0, 0.1) is 0 Å². The van der Waals surface area contributed by atoms with E-state index in [4.69, 9.17) is 37.9 Å². The number of benzene rings is 6. The molecule has 0 bridgehead atoms. The molecule has 0 saturated carbocycles. The molecule has 0 spiro atoms. The minimum absolute atomic E-state index is 0. The van der Waals surface area contributed by atoms with Gasteiger partial charge < -0.3 is 72.5 Å². The topological polar surface area (TPSA) is 114 Å². The Labute approximate surface area is 428 Å². The van der Waals surface area contributed by atoms with Crippen molar-refractivity contribution in [1.82, 2.24) is 9.80 Å². The predicted molar refractivity (Wildman–Crippen MR) is 268 cm³/mol. The number of para-hydroxylation sites is 4. The Kier molecular flexibility index (Phi) is 44.1.